The van der Waals surface area contributed by atoms with Crippen molar-refractivity contribution in [1.82, 2.24) is 5.43 Å². The summed E-state index contributed by atoms with van der Waals surface area (Å²) in [4.78, 5) is 22.9. The molecule has 0 saturated heterocycles. The van der Waals surface area contributed by atoms with Crippen LogP contribution in [0.15, 0.2) is 47.6 Å². The van der Waals surface area contributed by atoms with Gasteiger partial charge in [-0.2, -0.15) is 5.10 Å². The average molecular weight is 350 g/mol. The van der Waals surface area contributed by atoms with Crippen molar-refractivity contribution in [2.75, 3.05) is 5.32 Å². The summed E-state index contributed by atoms with van der Waals surface area (Å²) in [7, 11) is 0. The van der Waals surface area contributed by atoms with Crippen molar-refractivity contribution in [2.45, 2.75) is 6.92 Å². The highest BCUT2D eigenvalue weighted by Gasteiger charge is 2.05. The Kier molecular flexibility index (Phi) is 5.73. The number of hydrogen-bond acceptors (Lipinski definition) is 3. The van der Waals surface area contributed by atoms with Crippen molar-refractivity contribution in [2.24, 2.45) is 5.10 Å². The minimum Gasteiger partial charge on any atom is -0.326 e. The van der Waals surface area contributed by atoms with E-state index in [1.54, 1.807) is 42.5 Å². The molecule has 0 spiro atoms. The van der Waals surface area contributed by atoms with Crippen LogP contribution >= 0.6 is 23.2 Å². The molecule has 7 heteroatoms. The maximum Gasteiger partial charge on any atom is 0.271 e. The number of anilines is 1. The molecule has 0 aliphatic carbocycles. The van der Waals surface area contributed by atoms with Gasteiger partial charge in [-0.3, -0.25) is 9.59 Å². The number of benzene rings is 2. The van der Waals surface area contributed by atoms with Crippen LogP contribution in [0.3, 0.4) is 0 Å². The maximum absolute atomic E-state index is 11.9. The molecule has 0 atom stereocenters. The highest BCUT2D eigenvalue weighted by atomic mass is 35.5. The molecule has 0 saturated carbocycles. The quantitative estimate of drug-likeness (QED) is 0.652. The van der Waals surface area contributed by atoms with E-state index < -0.39 is 0 Å². The summed E-state index contributed by atoms with van der Waals surface area (Å²) in [5.41, 5.74) is 4.07. The van der Waals surface area contributed by atoms with Crippen molar-refractivity contribution >= 4 is 46.9 Å². The zero-order valence-corrected chi connectivity index (χ0v) is 13.7. The first-order chi connectivity index (χ1) is 11.0. The van der Waals surface area contributed by atoms with Crippen LogP contribution in [0.1, 0.15) is 22.8 Å². The van der Waals surface area contributed by atoms with Gasteiger partial charge in [0.25, 0.3) is 5.91 Å². The minimum atomic E-state index is -0.374. The van der Waals surface area contributed by atoms with Crippen LogP contribution in [0.2, 0.25) is 10.0 Å². The normalized spacial score (nSPS) is 10.6. The first kappa shape index (κ1) is 17.0. The number of rotatable bonds is 4. The van der Waals surface area contributed by atoms with Crippen LogP contribution in [-0.4, -0.2) is 18.0 Å². The maximum atomic E-state index is 11.9. The standard InChI is InChI=1S/C16H13Cl2N3O2/c1-10(22)20-14-6-3-11(4-7-14)16(23)21-19-9-12-2-5-13(17)8-15(12)18/h2-9H,1H3,(H,20,22)(H,21,23)/b19-9-. The van der Waals surface area contributed by atoms with Gasteiger partial charge in [0.2, 0.25) is 5.91 Å². The Morgan fingerprint density at radius 1 is 1.09 bits per heavy atom. The predicted octanol–water partition coefficient (Wildman–Crippen LogP) is 3.72. The molecule has 23 heavy (non-hydrogen) atoms. The summed E-state index contributed by atoms with van der Waals surface area (Å²) >= 11 is 11.8. The second-order valence-electron chi connectivity index (χ2n) is 4.62. The van der Waals surface area contributed by atoms with E-state index in [4.69, 9.17) is 23.2 Å². The molecule has 2 rings (SSSR count). The molecule has 0 fully saturated rings. The van der Waals surface area contributed by atoms with E-state index >= 15 is 0 Å². The summed E-state index contributed by atoms with van der Waals surface area (Å²) in [6.45, 7) is 1.41. The van der Waals surface area contributed by atoms with Gasteiger partial charge in [0.05, 0.1) is 11.2 Å². The van der Waals surface area contributed by atoms with Gasteiger partial charge >= 0.3 is 0 Å². The predicted molar refractivity (Wildman–Crippen MR) is 92.3 cm³/mol. The third kappa shape index (κ3) is 5.09. The van der Waals surface area contributed by atoms with E-state index in [1.165, 1.54) is 13.1 Å². The monoisotopic (exact) mass is 349 g/mol. The van der Waals surface area contributed by atoms with Gasteiger partial charge in [0.1, 0.15) is 0 Å². The van der Waals surface area contributed by atoms with E-state index in [0.717, 1.165) is 0 Å². The summed E-state index contributed by atoms with van der Waals surface area (Å²) in [6.07, 6.45) is 1.43. The van der Waals surface area contributed by atoms with E-state index in [9.17, 15) is 9.59 Å². The van der Waals surface area contributed by atoms with Crippen molar-refractivity contribution in [3.05, 3.63) is 63.6 Å². The summed E-state index contributed by atoms with van der Waals surface area (Å²) in [5.74, 6) is -0.549. The van der Waals surface area contributed by atoms with Crippen LogP contribution in [-0.2, 0) is 4.79 Å². The topological polar surface area (TPSA) is 70.6 Å². The van der Waals surface area contributed by atoms with Gasteiger partial charge in [-0.15, -0.1) is 0 Å². The van der Waals surface area contributed by atoms with Crippen molar-refractivity contribution in [1.29, 1.82) is 0 Å². The fraction of sp³-hybridized carbons (Fsp3) is 0.0625. The lowest BCUT2D eigenvalue weighted by atomic mass is 10.2. The number of amides is 2. The van der Waals surface area contributed by atoms with Gasteiger partial charge in [0.15, 0.2) is 0 Å². The molecule has 0 aliphatic heterocycles. The highest BCUT2D eigenvalue weighted by molar-refractivity contribution is 6.36. The fourth-order valence-corrected chi connectivity index (χ4v) is 2.20. The van der Waals surface area contributed by atoms with Crippen LogP contribution in [0.5, 0.6) is 0 Å². The third-order valence-corrected chi connectivity index (χ3v) is 3.36. The molecule has 0 aromatic heterocycles. The summed E-state index contributed by atoms with van der Waals surface area (Å²) in [6, 6.07) is 11.4. The molecule has 118 valence electrons. The fourth-order valence-electron chi connectivity index (χ4n) is 1.74. The molecule has 0 radical (unpaired) electrons. The van der Waals surface area contributed by atoms with Crippen molar-refractivity contribution in [3.63, 3.8) is 0 Å². The third-order valence-electron chi connectivity index (χ3n) is 2.80. The first-order valence-corrected chi connectivity index (χ1v) is 7.37. The van der Waals surface area contributed by atoms with Crippen LogP contribution in [0.4, 0.5) is 5.69 Å². The number of carbonyl (C=O) groups is 2. The Morgan fingerprint density at radius 2 is 1.78 bits per heavy atom. The zero-order valence-electron chi connectivity index (χ0n) is 12.1. The van der Waals surface area contributed by atoms with Crippen LogP contribution in [0, 0.1) is 0 Å². The van der Waals surface area contributed by atoms with E-state index in [0.29, 0.717) is 26.9 Å². The Hall–Kier alpha value is -2.37. The molecular weight excluding hydrogens is 337 g/mol. The summed E-state index contributed by atoms with van der Waals surface area (Å²) in [5, 5.41) is 7.44. The van der Waals surface area contributed by atoms with Gasteiger partial charge in [0, 0.05) is 28.8 Å². The van der Waals surface area contributed by atoms with Crippen molar-refractivity contribution < 1.29 is 9.59 Å². The second-order valence-corrected chi connectivity index (χ2v) is 5.47. The molecule has 0 aliphatic rings. The Labute approximate surface area is 143 Å². The van der Waals surface area contributed by atoms with Crippen LogP contribution < -0.4 is 10.7 Å². The van der Waals surface area contributed by atoms with Gasteiger partial charge in [-0.05, 0) is 36.4 Å². The van der Waals surface area contributed by atoms with Gasteiger partial charge in [-0.25, -0.2) is 5.43 Å². The molecule has 2 amide bonds. The lowest BCUT2D eigenvalue weighted by molar-refractivity contribution is -0.114. The van der Waals surface area contributed by atoms with Gasteiger partial charge in [-0.1, -0.05) is 29.3 Å². The molecule has 2 aromatic carbocycles. The molecule has 2 aromatic rings. The molecular formula is C16H13Cl2N3O2. The lowest BCUT2D eigenvalue weighted by Gasteiger charge is -2.04. The number of halogens is 2. The first-order valence-electron chi connectivity index (χ1n) is 6.62. The van der Waals surface area contributed by atoms with E-state index in [2.05, 4.69) is 15.8 Å². The number of hydrogen-bond donors (Lipinski definition) is 2. The summed E-state index contributed by atoms with van der Waals surface area (Å²) < 4.78 is 0. The number of hydrazone groups is 1. The van der Waals surface area contributed by atoms with Crippen LogP contribution in [0.25, 0.3) is 0 Å². The zero-order chi connectivity index (χ0) is 16.8. The molecule has 0 heterocycles. The molecule has 5 nitrogen and oxygen atoms in total. The Morgan fingerprint density at radius 3 is 2.39 bits per heavy atom. The average Bonchev–Trinajstić information content (AvgIpc) is 2.49. The smallest absolute Gasteiger partial charge is 0.271 e. The molecule has 0 unspecified atom stereocenters. The lowest BCUT2D eigenvalue weighted by Crippen LogP contribution is -2.17. The largest absolute Gasteiger partial charge is 0.326 e. The number of carbonyl (C=O) groups excluding carboxylic acids is 2. The molecule has 0 bridgehead atoms. The molecule has 2 N–H and O–H groups in total. The SMILES string of the molecule is CC(=O)Nc1ccc(C(=O)N/N=C\c2ccc(Cl)cc2Cl)cc1. The Balaban J connectivity index is 1.98. The highest BCUT2D eigenvalue weighted by Crippen LogP contribution is 2.19. The van der Waals surface area contributed by atoms with E-state index in [1.807, 2.05) is 0 Å². The van der Waals surface area contributed by atoms with E-state index in [-0.39, 0.29) is 11.8 Å². The Bertz CT molecular complexity index is 758. The van der Waals surface area contributed by atoms with Gasteiger partial charge < -0.3 is 5.32 Å². The number of nitrogens with one attached hydrogen (secondary N) is 2. The minimum absolute atomic E-state index is 0.174. The second kappa shape index (κ2) is 7.76. The van der Waals surface area contributed by atoms with Crippen molar-refractivity contribution in [3.8, 4) is 0 Å². The number of nitrogens with zero attached hydrogens (tertiary/aromatic N) is 1.